The van der Waals surface area contributed by atoms with E-state index in [-0.39, 0.29) is 12.2 Å². The summed E-state index contributed by atoms with van der Waals surface area (Å²) in [5, 5.41) is 18.3. The first-order valence-corrected chi connectivity index (χ1v) is 4.76. The number of rotatable bonds is 2. The van der Waals surface area contributed by atoms with Gasteiger partial charge >= 0.3 is 5.97 Å². The third-order valence-electron chi connectivity index (χ3n) is 2.27. The lowest BCUT2D eigenvalue weighted by atomic mass is 9.95. The Balaban J connectivity index is 3.06. The van der Waals surface area contributed by atoms with E-state index in [4.69, 9.17) is 10.00 Å². The Labute approximate surface area is 92.7 Å². The highest BCUT2D eigenvalue weighted by Gasteiger charge is 2.37. The van der Waals surface area contributed by atoms with Crippen molar-refractivity contribution in [2.24, 2.45) is 5.92 Å². The number of carbonyl (C=O) groups excluding carboxylic acids is 2. The number of nitriles is 1. The molecule has 1 rings (SSSR count). The maximum Gasteiger partial charge on any atom is 0.335 e. The summed E-state index contributed by atoms with van der Waals surface area (Å²) in [5.74, 6) is -2.55. The van der Waals surface area contributed by atoms with Crippen LogP contribution in [-0.4, -0.2) is 41.8 Å². The van der Waals surface area contributed by atoms with Gasteiger partial charge in [0.05, 0.1) is 18.2 Å². The number of aliphatic hydroxyl groups excluding tert-OH is 1. The Kier molecular flexibility index (Phi) is 3.64. The molecule has 0 aromatic rings. The number of likely N-dealkylation sites (N-methyl/N-ethyl adjacent to an activating group) is 1. The number of carbonyl (C=O) groups is 2. The zero-order chi connectivity index (χ0) is 12.3. The summed E-state index contributed by atoms with van der Waals surface area (Å²) < 4.78 is 4.71. The monoisotopic (exact) mass is 224 g/mol. The molecule has 0 aliphatic carbocycles. The third-order valence-corrected chi connectivity index (χ3v) is 2.27. The van der Waals surface area contributed by atoms with Crippen LogP contribution in [-0.2, 0) is 14.3 Å². The molecular formula is C10H12N2O4. The van der Waals surface area contributed by atoms with Crippen LogP contribution in [0.3, 0.4) is 0 Å². The second-order valence-electron chi connectivity index (χ2n) is 3.27. The van der Waals surface area contributed by atoms with Gasteiger partial charge in [-0.3, -0.25) is 4.79 Å². The molecule has 1 N–H and O–H groups in total. The summed E-state index contributed by atoms with van der Waals surface area (Å²) in [7, 11) is 1.36. The van der Waals surface area contributed by atoms with Crippen molar-refractivity contribution in [2.75, 3.05) is 13.7 Å². The van der Waals surface area contributed by atoms with Gasteiger partial charge in [-0.2, -0.15) is 5.26 Å². The fourth-order valence-corrected chi connectivity index (χ4v) is 1.36. The summed E-state index contributed by atoms with van der Waals surface area (Å²) >= 11 is 0. The van der Waals surface area contributed by atoms with Crippen LogP contribution in [0.15, 0.2) is 11.6 Å². The van der Waals surface area contributed by atoms with Crippen molar-refractivity contribution in [1.29, 1.82) is 5.26 Å². The lowest BCUT2D eigenvalue weighted by molar-refractivity contribution is -0.146. The van der Waals surface area contributed by atoms with Crippen molar-refractivity contribution in [3.63, 3.8) is 0 Å². The smallest absolute Gasteiger partial charge is 0.335 e. The first-order chi connectivity index (χ1) is 7.52. The van der Waals surface area contributed by atoms with Crippen molar-refractivity contribution >= 4 is 11.9 Å². The summed E-state index contributed by atoms with van der Waals surface area (Å²) in [6.45, 7) is 1.77. The van der Waals surface area contributed by atoms with Gasteiger partial charge in [-0.1, -0.05) is 0 Å². The molecule has 0 saturated heterocycles. The Morgan fingerprint density at radius 3 is 2.88 bits per heavy atom. The lowest BCUT2D eigenvalue weighted by Crippen LogP contribution is -2.45. The zero-order valence-corrected chi connectivity index (χ0v) is 9.01. The van der Waals surface area contributed by atoms with Gasteiger partial charge in [0.1, 0.15) is 6.23 Å². The molecule has 2 unspecified atom stereocenters. The van der Waals surface area contributed by atoms with Gasteiger partial charge < -0.3 is 14.7 Å². The van der Waals surface area contributed by atoms with Gasteiger partial charge in [0, 0.05) is 7.05 Å². The van der Waals surface area contributed by atoms with E-state index in [1.807, 2.05) is 0 Å². The molecule has 1 amide bonds. The summed E-state index contributed by atoms with van der Waals surface area (Å²) in [5.41, 5.74) is -0.0973. The minimum atomic E-state index is -1.20. The van der Waals surface area contributed by atoms with Gasteiger partial charge in [0.25, 0.3) is 0 Å². The molecule has 1 aliphatic heterocycles. The van der Waals surface area contributed by atoms with E-state index in [1.165, 1.54) is 7.05 Å². The van der Waals surface area contributed by atoms with E-state index in [0.29, 0.717) is 0 Å². The van der Waals surface area contributed by atoms with Crippen molar-refractivity contribution in [3.8, 4) is 6.07 Å². The second kappa shape index (κ2) is 4.77. The van der Waals surface area contributed by atoms with Crippen LogP contribution in [0.2, 0.25) is 0 Å². The highest BCUT2D eigenvalue weighted by atomic mass is 16.5. The molecule has 0 bridgehead atoms. The average Bonchev–Trinajstić information content (AvgIpc) is 2.26. The fourth-order valence-electron chi connectivity index (χ4n) is 1.36. The number of esters is 1. The van der Waals surface area contributed by atoms with Crippen LogP contribution >= 0.6 is 0 Å². The lowest BCUT2D eigenvalue weighted by Gasteiger charge is -2.29. The number of nitrogens with zero attached hydrogens (tertiary/aromatic N) is 2. The Bertz CT molecular complexity index is 383. The van der Waals surface area contributed by atoms with Gasteiger partial charge in [-0.15, -0.1) is 0 Å². The summed E-state index contributed by atoms with van der Waals surface area (Å²) in [6, 6.07) is 1.72. The van der Waals surface area contributed by atoms with Crippen molar-refractivity contribution in [3.05, 3.63) is 11.6 Å². The molecule has 0 saturated carbocycles. The Morgan fingerprint density at radius 1 is 1.75 bits per heavy atom. The summed E-state index contributed by atoms with van der Waals surface area (Å²) in [4.78, 5) is 24.0. The van der Waals surface area contributed by atoms with E-state index in [2.05, 4.69) is 0 Å². The van der Waals surface area contributed by atoms with Crippen molar-refractivity contribution in [1.82, 2.24) is 4.90 Å². The van der Waals surface area contributed by atoms with Gasteiger partial charge in [-0.05, 0) is 13.0 Å². The molecule has 16 heavy (non-hydrogen) atoms. The molecule has 1 heterocycles. The number of hydrogen-bond donors (Lipinski definition) is 1. The number of amides is 1. The largest absolute Gasteiger partial charge is 0.463 e. The average molecular weight is 224 g/mol. The normalized spacial score (nSPS) is 24.8. The molecule has 6 nitrogen and oxygen atoms in total. The maximum atomic E-state index is 11.6. The molecule has 6 heteroatoms. The van der Waals surface area contributed by atoms with E-state index >= 15 is 0 Å². The standard InChI is InChI=1S/C10H12N2O4/c1-3-16-10(15)6-4-8(13)12(2)9(14)7(6)5-11/h4,7-8,13H,3H2,1-2H3. The summed E-state index contributed by atoms with van der Waals surface area (Å²) in [6.07, 6.45) is -0.0377. The van der Waals surface area contributed by atoms with Gasteiger partial charge in [-0.25, -0.2) is 4.79 Å². The van der Waals surface area contributed by atoms with Crippen LogP contribution < -0.4 is 0 Å². The molecule has 0 fully saturated rings. The molecule has 0 aromatic carbocycles. The van der Waals surface area contributed by atoms with Crippen LogP contribution in [0.5, 0.6) is 0 Å². The number of ether oxygens (including phenoxy) is 1. The van der Waals surface area contributed by atoms with Crippen LogP contribution in [0.4, 0.5) is 0 Å². The minimum Gasteiger partial charge on any atom is -0.463 e. The molecule has 86 valence electrons. The highest BCUT2D eigenvalue weighted by molar-refractivity contribution is 6.00. The van der Waals surface area contributed by atoms with E-state index < -0.39 is 24.0 Å². The molecule has 0 spiro atoms. The topological polar surface area (TPSA) is 90.6 Å². The maximum absolute atomic E-state index is 11.6. The zero-order valence-electron chi connectivity index (χ0n) is 9.01. The predicted octanol–water partition coefficient (Wildman–Crippen LogP) is -0.594. The van der Waals surface area contributed by atoms with E-state index in [1.54, 1.807) is 13.0 Å². The van der Waals surface area contributed by atoms with Crippen molar-refractivity contribution < 1.29 is 19.4 Å². The van der Waals surface area contributed by atoms with Crippen molar-refractivity contribution in [2.45, 2.75) is 13.2 Å². The first kappa shape index (κ1) is 12.2. The molecule has 1 aliphatic rings. The molecule has 0 radical (unpaired) electrons. The second-order valence-corrected chi connectivity index (χ2v) is 3.27. The number of aliphatic hydroxyl groups is 1. The fraction of sp³-hybridized carbons (Fsp3) is 0.500. The third kappa shape index (κ3) is 2.04. The Morgan fingerprint density at radius 2 is 2.38 bits per heavy atom. The molecular weight excluding hydrogens is 212 g/mol. The number of hydrogen-bond acceptors (Lipinski definition) is 5. The Hall–Kier alpha value is -1.87. The highest BCUT2D eigenvalue weighted by Crippen LogP contribution is 2.22. The van der Waals surface area contributed by atoms with Gasteiger partial charge in [0.2, 0.25) is 5.91 Å². The minimum absolute atomic E-state index is 0.0973. The molecule has 2 atom stereocenters. The van der Waals surface area contributed by atoms with Gasteiger partial charge in [0.15, 0.2) is 5.92 Å². The molecule has 0 aromatic heterocycles. The van der Waals surface area contributed by atoms with Crippen LogP contribution in [0, 0.1) is 17.2 Å². The first-order valence-electron chi connectivity index (χ1n) is 4.76. The van der Waals surface area contributed by atoms with Crippen LogP contribution in [0.25, 0.3) is 0 Å². The van der Waals surface area contributed by atoms with E-state index in [0.717, 1.165) is 11.0 Å². The quantitative estimate of drug-likeness (QED) is 0.633. The van der Waals surface area contributed by atoms with E-state index in [9.17, 15) is 14.7 Å². The predicted molar refractivity (Wildman–Crippen MR) is 52.6 cm³/mol. The van der Waals surface area contributed by atoms with Crippen LogP contribution in [0.1, 0.15) is 6.92 Å². The SMILES string of the molecule is CCOC(=O)C1=CC(O)N(C)C(=O)C1C#N.